The molecule has 0 fully saturated rings. The second kappa shape index (κ2) is 4.74. The summed E-state index contributed by atoms with van der Waals surface area (Å²) in [6, 6.07) is 5.33. The first-order valence-electron chi connectivity index (χ1n) is 4.88. The number of hydrogen-bond acceptors (Lipinski definition) is 3. The predicted molar refractivity (Wildman–Crippen MR) is 72.3 cm³/mol. The van der Waals surface area contributed by atoms with Gasteiger partial charge in [-0.25, -0.2) is 4.79 Å². The van der Waals surface area contributed by atoms with Crippen molar-refractivity contribution in [2.24, 2.45) is 0 Å². The van der Waals surface area contributed by atoms with Crippen LogP contribution in [0.1, 0.15) is 12.5 Å². The van der Waals surface area contributed by atoms with Gasteiger partial charge in [-0.2, -0.15) is 0 Å². The molecule has 88 valence electrons. The van der Waals surface area contributed by atoms with E-state index in [0.29, 0.717) is 15.6 Å². The third-order valence-electron chi connectivity index (χ3n) is 2.26. The highest BCUT2D eigenvalue weighted by atomic mass is 79.9. The van der Waals surface area contributed by atoms with Gasteiger partial charge in [-0.05, 0) is 41.1 Å². The number of carbonyl (C=O) groups excluding carboxylic acids is 1. The number of carbonyl (C=O) groups is 1. The minimum Gasteiger partial charge on any atom is -0.421 e. The van der Waals surface area contributed by atoms with E-state index in [-0.39, 0.29) is 12.2 Å². The quantitative estimate of drug-likeness (QED) is 0.771. The van der Waals surface area contributed by atoms with Crippen LogP contribution >= 0.6 is 31.9 Å². The molecule has 2 rings (SSSR count). The first kappa shape index (κ1) is 12.5. The molecule has 0 aliphatic heterocycles. The Balaban J connectivity index is 2.71. The van der Waals surface area contributed by atoms with Crippen LogP contribution in [0, 0.1) is 0 Å². The molecule has 0 aliphatic rings. The largest absolute Gasteiger partial charge is 0.421 e. The number of fused-ring (bicyclic) bond motifs is 1. The number of rotatable bonds is 2. The zero-order valence-electron chi connectivity index (χ0n) is 8.92. The summed E-state index contributed by atoms with van der Waals surface area (Å²) >= 11 is 6.69. The monoisotopic (exact) mass is 358 g/mol. The molecule has 17 heavy (non-hydrogen) atoms. The van der Waals surface area contributed by atoms with Crippen molar-refractivity contribution in [3.63, 3.8) is 0 Å². The van der Waals surface area contributed by atoms with Gasteiger partial charge in [0.15, 0.2) is 5.58 Å². The summed E-state index contributed by atoms with van der Waals surface area (Å²) in [5, 5.41) is 0.780. The van der Waals surface area contributed by atoms with Crippen molar-refractivity contribution in [1.29, 1.82) is 0 Å². The average molecular weight is 360 g/mol. The molecule has 0 N–H and O–H groups in total. The molecule has 0 spiro atoms. The summed E-state index contributed by atoms with van der Waals surface area (Å²) in [4.78, 5) is 22.7. The van der Waals surface area contributed by atoms with Crippen molar-refractivity contribution in [2.45, 2.75) is 13.3 Å². The summed E-state index contributed by atoms with van der Waals surface area (Å²) < 4.78 is 6.78. The van der Waals surface area contributed by atoms with Crippen LogP contribution in [-0.2, 0) is 11.2 Å². The maximum atomic E-state index is 11.7. The summed E-state index contributed by atoms with van der Waals surface area (Å²) in [7, 11) is 0. The van der Waals surface area contributed by atoms with Gasteiger partial charge >= 0.3 is 5.63 Å². The smallest absolute Gasteiger partial charge is 0.339 e. The third kappa shape index (κ3) is 2.66. The topological polar surface area (TPSA) is 47.3 Å². The van der Waals surface area contributed by atoms with E-state index in [1.54, 1.807) is 12.1 Å². The highest BCUT2D eigenvalue weighted by Crippen LogP contribution is 2.28. The Bertz CT molecular complexity index is 659. The van der Waals surface area contributed by atoms with Gasteiger partial charge in [-0.3, -0.25) is 4.79 Å². The van der Waals surface area contributed by atoms with Gasteiger partial charge in [0.2, 0.25) is 0 Å². The van der Waals surface area contributed by atoms with E-state index in [1.165, 1.54) is 6.92 Å². The minimum atomic E-state index is -0.462. The fraction of sp³-hybridized carbons (Fsp3) is 0.167. The van der Waals surface area contributed by atoms with Crippen molar-refractivity contribution >= 4 is 48.6 Å². The van der Waals surface area contributed by atoms with Crippen molar-refractivity contribution in [2.75, 3.05) is 0 Å². The molecule has 0 atom stereocenters. The summed E-state index contributed by atoms with van der Waals surface area (Å²) in [5.74, 6) is -0.0642. The highest BCUT2D eigenvalue weighted by Gasteiger charge is 2.10. The van der Waals surface area contributed by atoms with E-state index in [0.717, 1.165) is 9.86 Å². The lowest BCUT2D eigenvalue weighted by atomic mass is 10.1. The summed E-state index contributed by atoms with van der Waals surface area (Å²) in [6.07, 6.45) is 0.0996. The zero-order valence-corrected chi connectivity index (χ0v) is 12.1. The van der Waals surface area contributed by atoms with E-state index in [4.69, 9.17) is 4.42 Å². The molecule has 5 heteroatoms. The lowest BCUT2D eigenvalue weighted by Crippen LogP contribution is -2.10. The lowest BCUT2D eigenvalue weighted by Gasteiger charge is -2.03. The highest BCUT2D eigenvalue weighted by molar-refractivity contribution is 9.11. The van der Waals surface area contributed by atoms with E-state index in [2.05, 4.69) is 31.9 Å². The number of hydrogen-bond donors (Lipinski definition) is 0. The molecule has 2 aromatic rings. The number of halogens is 2. The van der Waals surface area contributed by atoms with Crippen molar-refractivity contribution < 1.29 is 9.21 Å². The van der Waals surface area contributed by atoms with Gasteiger partial charge in [0, 0.05) is 21.8 Å². The van der Waals surface area contributed by atoms with E-state index >= 15 is 0 Å². The molecular weight excluding hydrogens is 352 g/mol. The van der Waals surface area contributed by atoms with Crippen molar-refractivity contribution in [3.05, 3.63) is 43.1 Å². The van der Waals surface area contributed by atoms with Gasteiger partial charge in [0.05, 0.1) is 4.47 Å². The SMILES string of the molecule is CC(=O)Cc1cc2cc(Br)cc(Br)c2oc1=O. The molecule has 1 aromatic carbocycles. The lowest BCUT2D eigenvalue weighted by molar-refractivity contribution is -0.116. The third-order valence-corrected chi connectivity index (χ3v) is 3.31. The molecule has 3 nitrogen and oxygen atoms in total. The van der Waals surface area contributed by atoms with Crippen LogP contribution in [0.3, 0.4) is 0 Å². The predicted octanol–water partition coefficient (Wildman–Crippen LogP) is 3.45. The number of Topliss-reactive ketones (excluding diaryl/α,β-unsaturated/α-hetero) is 1. The Hall–Kier alpha value is -0.940. The van der Waals surface area contributed by atoms with Crippen LogP contribution in [0.2, 0.25) is 0 Å². The van der Waals surface area contributed by atoms with Crippen LogP contribution in [-0.4, -0.2) is 5.78 Å². The Labute approximate surface area is 114 Å². The molecule has 0 saturated heterocycles. The standard InChI is InChI=1S/C12H8Br2O3/c1-6(15)2-8-3-7-4-9(13)5-10(14)11(7)17-12(8)16/h3-5H,2H2,1H3. The van der Waals surface area contributed by atoms with Gasteiger partial charge in [-0.1, -0.05) is 15.9 Å². The second-order valence-electron chi connectivity index (χ2n) is 3.74. The summed E-state index contributed by atoms with van der Waals surface area (Å²) in [6.45, 7) is 1.44. The maximum absolute atomic E-state index is 11.7. The molecule has 0 radical (unpaired) electrons. The summed E-state index contributed by atoms with van der Waals surface area (Å²) in [5.41, 5.74) is 0.413. The van der Waals surface area contributed by atoms with Crippen LogP contribution < -0.4 is 5.63 Å². The van der Waals surface area contributed by atoms with Crippen molar-refractivity contribution in [3.8, 4) is 0 Å². The Kier molecular flexibility index (Phi) is 3.49. The van der Waals surface area contributed by atoms with Crippen LogP contribution in [0.15, 0.2) is 36.4 Å². The molecule has 0 bridgehead atoms. The van der Waals surface area contributed by atoms with Gasteiger partial charge in [0.25, 0.3) is 0 Å². The second-order valence-corrected chi connectivity index (χ2v) is 5.51. The van der Waals surface area contributed by atoms with Crippen LogP contribution in [0.5, 0.6) is 0 Å². The normalized spacial score (nSPS) is 10.8. The fourth-order valence-corrected chi connectivity index (χ4v) is 2.93. The molecular formula is C12H8Br2O3. The first-order chi connectivity index (χ1) is 7.97. The van der Waals surface area contributed by atoms with Gasteiger partial charge in [-0.15, -0.1) is 0 Å². The zero-order chi connectivity index (χ0) is 12.6. The van der Waals surface area contributed by atoms with E-state index in [9.17, 15) is 9.59 Å². The van der Waals surface area contributed by atoms with Crippen LogP contribution in [0.4, 0.5) is 0 Å². The fourth-order valence-electron chi connectivity index (χ4n) is 1.59. The van der Waals surface area contributed by atoms with Crippen LogP contribution in [0.25, 0.3) is 11.0 Å². The van der Waals surface area contributed by atoms with Gasteiger partial charge < -0.3 is 4.42 Å². The molecule has 1 aromatic heterocycles. The molecule has 0 aliphatic carbocycles. The van der Waals surface area contributed by atoms with E-state index < -0.39 is 5.63 Å². The molecule has 0 unspecified atom stereocenters. The Morgan fingerprint density at radius 3 is 2.65 bits per heavy atom. The molecule has 1 heterocycles. The number of benzene rings is 1. The number of ketones is 1. The Morgan fingerprint density at radius 2 is 2.00 bits per heavy atom. The molecule has 0 saturated carbocycles. The van der Waals surface area contributed by atoms with Gasteiger partial charge in [0.1, 0.15) is 5.78 Å². The first-order valence-corrected chi connectivity index (χ1v) is 6.47. The maximum Gasteiger partial charge on any atom is 0.339 e. The molecule has 0 amide bonds. The van der Waals surface area contributed by atoms with Crippen molar-refractivity contribution in [1.82, 2.24) is 0 Å². The van der Waals surface area contributed by atoms with E-state index in [1.807, 2.05) is 6.07 Å². The minimum absolute atomic E-state index is 0.0642. The Morgan fingerprint density at radius 1 is 1.29 bits per heavy atom. The average Bonchev–Trinajstić information content (AvgIpc) is 2.20.